The molecule has 1 aromatic carbocycles. The largest absolute Gasteiger partial charge is 0.373 e. The van der Waals surface area contributed by atoms with Gasteiger partial charge in [-0.15, -0.1) is 0 Å². The number of para-hydroxylation sites is 1. The fourth-order valence-corrected chi connectivity index (χ4v) is 2.56. The monoisotopic (exact) mass is 261 g/mol. The van der Waals surface area contributed by atoms with Crippen molar-refractivity contribution in [2.24, 2.45) is 5.73 Å². The molecule has 4 nitrogen and oxygen atoms in total. The Hall–Kier alpha value is -1.55. The normalized spacial score (nSPS) is 17.2. The van der Waals surface area contributed by atoms with Crippen LogP contribution < -0.4 is 16.0 Å². The van der Waals surface area contributed by atoms with Gasteiger partial charge in [-0.1, -0.05) is 31.0 Å². The van der Waals surface area contributed by atoms with Gasteiger partial charge >= 0.3 is 0 Å². The maximum Gasteiger partial charge on any atom is 0.240 e. The minimum Gasteiger partial charge on any atom is -0.373 e. The highest BCUT2D eigenvalue weighted by molar-refractivity contribution is 5.86. The summed E-state index contributed by atoms with van der Waals surface area (Å²) in [6.45, 7) is 1.41. The lowest BCUT2D eigenvalue weighted by Gasteiger charge is -2.24. The first-order chi connectivity index (χ1) is 9.12. The zero-order valence-electron chi connectivity index (χ0n) is 11.6. The van der Waals surface area contributed by atoms with Crippen LogP contribution in [-0.2, 0) is 4.79 Å². The van der Waals surface area contributed by atoms with E-state index in [-0.39, 0.29) is 5.91 Å². The number of benzene rings is 1. The molecule has 104 valence electrons. The number of hydrogen-bond acceptors (Lipinski definition) is 3. The third-order valence-corrected chi connectivity index (χ3v) is 3.88. The number of carbonyl (C=O) groups excluding carboxylic acids is 1. The standard InChI is InChI=1S/C15H23N3O/c1-18(13-7-3-2-4-8-13)12-11-17-14(19)15(16)9-5-6-10-15/h2-4,7-8H,5-6,9-12,16H2,1H3,(H,17,19). The van der Waals surface area contributed by atoms with E-state index in [1.807, 2.05) is 25.2 Å². The number of nitrogens with one attached hydrogen (secondary N) is 1. The number of nitrogens with zero attached hydrogens (tertiary/aromatic N) is 1. The summed E-state index contributed by atoms with van der Waals surface area (Å²) < 4.78 is 0. The fourth-order valence-electron chi connectivity index (χ4n) is 2.56. The molecule has 0 unspecified atom stereocenters. The molecule has 0 spiro atoms. The van der Waals surface area contributed by atoms with E-state index in [1.54, 1.807) is 0 Å². The molecule has 1 saturated carbocycles. The Morgan fingerprint density at radius 1 is 1.32 bits per heavy atom. The topological polar surface area (TPSA) is 58.4 Å². The van der Waals surface area contributed by atoms with E-state index in [1.165, 1.54) is 0 Å². The van der Waals surface area contributed by atoms with Crippen LogP contribution in [0.5, 0.6) is 0 Å². The molecule has 0 bridgehead atoms. The van der Waals surface area contributed by atoms with Crippen LogP contribution in [0.15, 0.2) is 30.3 Å². The fraction of sp³-hybridized carbons (Fsp3) is 0.533. The van der Waals surface area contributed by atoms with Crippen molar-refractivity contribution in [3.8, 4) is 0 Å². The third-order valence-electron chi connectivity index (χ3n) is 3.88. The van der Waals surface area contributed by atoms with Crippen LogP contribution in [0.3, 0.4) is 0 Å². The SMILES string of the molecule is CN(CCNC(=O)C1(N)CCCC1)c1ccccc1. The number of amides is 1. The lowest BCUT2D eigenvalue weighted by Crippen LogP contribution is -2.52. The number of likely N-dealkylation sites (N-methyl/N-ethyl adjacent to an activating group) is 1. The first-order valence-electron chi connectivity index (χ1n) is 6.95. The van der Waals surface area contributed by atoms with Gasteiger partial charge in [0.2, 0.25) is 5.91 Å². The average Bonchev–Trinajstić information content (AvgIpc) is 2.88. The molecule has 0 atom stereocenters. The molecule has 2 rings (SSSR count). The zero-order valence-corrected chi connectivity index (χ0v) is 11.6. The van der Waals surface area contributed by atoms with E-state index in [0.29, 0.717) is 6.54 Å². The number of anilines is 1. The first kappa shape index (κ1) is 13.9. The van der Waals surface area contributed by atoms with E-state index >= 15 is 0 Å². The number of rotatable bonds is 5. The van der Waals surface area contributed by atoms with Crippen molar-refractivity contribution in [2.45, 2.75) is 31.2 Å². The van der Waals surface area contributed by atoms with Crippen LogP contribution in [-0.4, -0.2) is 31.6 Å². The molecule has 0 aliphatic heterocycles. The van der Waals surface area contributed by atoms with Crippen molar-refractivity contribution in [1.29, 1.82) is 0 Å². The predicted molar refractivity (Wildman–Crippen MR) is 78.1 cm³/mol. The maximum atomic E-state index is 12.0. The van der Waals surface area contributed by atoms with Crippen molar-refractivity contribution in [1.82, 2.24) is 5.32 Å². The van der Waals surface area contributed by atoms with E-state index in [9.17, 15) is 4.79 Å². The molecule has 1 aliphatic rings. The van der Waals surface area contributed by atoms with Crippen LogP contribution in [0, 0.1) is 0 Å². The number of carbonyl (C=O) groups is 1. The van der Waals surface area contributed by atoms with Crippen LogP contribution in [0.4, 0.5) is 5.69 Å². The Kier molecular flexibility index (Phi) is 4.43. The Morgan fingerprint density at radius 2 is 1.95 bits per heavy atom. The summed E-state index contributed by atoms with van der Waals surface area (Å²) in [6.07, 6.45) is 3.75. The number of nitrogens with two attached hydrogens (primary N) is 1. The van der Waals surface area contributed by atoms with Gasteiger partial charge in [0, 0.05) is 25.8 Å². The molecule has 0 saturated heterocycles. The summed E-state index contributed by atoms with van der Waals surface area (Å²) in [4.78, 5) is 14.2. The Morgan fingerprint density at radius 3 is 2.58 bits per heavy atom. The smallest absolute Gasteiger partial charge is 0.240 e. The lowest BCUT2D eigenvalue weighted by molar-refractivity contribution is -0.126. The van der Waals surface area contributed by atoms with Gasteiger partial charge in [-0.25, -0.2) is 0 Å². The lowest BCUT2D eigenvalue weighted by atomic mass is 9.98. The summed E-state index contributed by atoms with van der Waals surface area (Å²) in [5.74, 6) is 0.00598. The van der Waals surface area contributed by atoms with Crippen molar-refractivity contribution < 1.29 is 4.79 Å². The van der Waals surface area contributed by atoms with Gasteiger partial charge in [0.25, 0.3) is 0 Å². The van der Waals surface area contributed by atoms with Crippen molar-refractivity contribution in [3.63, 3.8) is 0 Å². The summed E-state index contributed by atoms with van der Waals surface area (Å²) in [6, 6.07) is 10.1. The van der Waals surface area contributed by atoms with Crippen molar-refractivity contribution >= 4 is 11.6 Å². The molecule has 0 radical (unpaired) electrons. The minimum absolute atomic E-state index is 0.00598. The molecule has 1 amide bonds. The van der Waals surface area contributed by atoms with E-state index < -0.39 is 5.54 Å². The van der Waals surface area contributed by atoms with Gasteiger partial charge in [-0.3, -0.25) is 4.79 Å². The number of hydrogen-bond donors (Lipinski definition) is 2. The van der Waals surface area contributed by atoms with Crippen molar-refractivity contribution in [2.75, 3.05) is 25.0 Å². The molecule has 1 aliphatic carbocycles. The third kappa shape index (κ3) is 3.47. The second kappa shape index (κ2) is 6.06. The highest BCUT2D eigenvalue weighted by Crippen LogP contribution is 2.27. The Labute approximate surface area is 115 Å². The van der Waals surface area contributed by atoms with Crippen LogP contribution in [0.2, 0.25) is 0 Å². The van der Waals surface area contributed by atoms with Gasteiger partial charge in [-0.2, -0.15) is 0 Å². The first-order valence-corrected chi connectivity index (χ1v) is 6.95. The van der Waals surface area contributed by atoms with Crippen LogP contribution in [0.25, 0.3) is 0 Å². The van der Waals surface area contributed by atoms with Gasteiger partial charge < -0.3 is 16.0 Å². The summed E-state index contributed by atoms with van der Waals surface area (Å²) in [5.41, 5.74) is 6.64. The maximum absolute atomic E-state index is 12.0. The minimum atomic E-state index is -0.620. The highest BCUT2D eigenvalue weighted by atomic mass is 16.2. The second-order valence-electron chi connectivity index (χ2n) is 5.38. The molecular formula is C15H23N3O. The molecule has 3 N–H and O–H groups in total. The highest BCUT2D eigenvalue weighted by Gasteiger charge is 2.36. The summed E-state index contributed by atoms with van der Waals surface area (Å²) >= 11 is 0. The summed E-state index contributed by atoms with van der Waals surface area (Å²) in [5, 5.41) is 2.96. The molecule has 0 heterocycles. The molecule has 1 fully saturated rings. The molecule has 1 aromatic rings. The predicted octanol–water partition coefficient (Wildman–Crippen LogP) is 1.51. The average molecular weight is 261 g/mol. The van der Waals surface area contributed by atoms with Crippen LogP contribution in [0.1, 0.15) is 25.7 Å². The van der Waals surface area contributed by atoms with Crippen molar-refractivity contribution in [3.05, 3.63) is 30.3 Å². The van der Waals surface area contributed by atoms with Gasteiger partial charge in [0.05, 0.1) is 5.54 Å². The van der Waals surface area contributed by atoms with E-state index in [4.69, 9.17) is 5.73 Å². The van der Waals surface area contributed by atoms with E-state index in [0.717, 1.165) is 37.9 Å². The van der Waals surface area contributed by atoms with Crippen LogP contribution >= 0.6 is 0 Å². The molecular weight excluding hydrogens is 238 g/mol. The quantitative estimate of drug-likeness (QED) is 0.844. The Balaban J connectivity index is 1.76. The molecule has 19 heavy (non-hydrogen) atoms. The second-order valence-corrected chi connectivity index (χ2v) is 5.38. The summed E-state index contributed by atoms with van der Waals surface area (Å²) in [7, 11) is 2.02. The zero-order chi connectivity index (χ0) is 13.7. The van der Waals surface area contributed by atoms with Gasteiger partial charge in [0.1, 0.15) is 0 Å². The van der Waals surface area contributed by atoms with E-state index in [2.05, 4.69) is 22.3 Å². The van der Waals surface area contributed by atoms with Gasteiger partial charge in [-0.05, 0) is 25.0 Å². The Bertz CT molecular complexity index is 413. The molecule has 4 heteroatoms. The van der Waals surface area contributed by atoms with Gasteiger partial charge in [0.15, 0.2) is 0 Å². The molecule has 0 aromatic heterocycles.